The van der Waals surface area contributed by atoms with Crippen LogP contribution in [0.25, 0.3) is 10.8 Å². The lowest BCUT2D eigenvalue weighted by Crippen LogP contribution is -2.41. The summed E-state index contributed by atoms with van der Waals surface area (Å²) < 4.78 is 28.7. The minimum Gasteiger partial charge on any atom is -0.396 e. The molecule has 11 heteroatoms. The summed E-state index contributed by atoms with van der Waals surface area (Å²) in [6.07, 6.45) is 3.55. The number of aliphatic hydroxyl groups is 1. The highest BCUT2D eigenvalue weighted by molar-refractivity contribution is 7.89. The van der Waals surface area contributed by atoms with Gasteiger partial charge in [-0.3, -0.25) is 0 Å². The maximum absolute atomic E-state index is 13.6. The molecular weight excluding hydrogens is 502 g/mol. The number of aromatic nitrogens is 3. The highest BCUT2D eigenvalue weighted by Crippen LogP contribution is 2.36. The second-order valence-electron chi connectivity index (χ2n) is 10.2. The van der Waals surface area contributed by atoms with Crippen molar-refractivity contribution in [3.63, 3.8) is 0 Å². The zero-order valence-corrected chi connectivity index (χ0v) is 23.2. The zero-order chi connectivity index (χ0) is 27.3. The van der Waals surface area contributed by atoms with Gasteiger partial charge in [0.25, 0.3) is 0 Å². The fraction of sp³-hybridized carbons (Fsp3) is 0.519. The molecule has 1 heterocycles. The standard InChI is InChI=1S/C27H39N7O3S/c1-18(2)30-27-32-25(31-26(33-27)29-16-7-17-35)24(28)20-12-14-21(15-13-20)34(3)38(36,37)23-11-6-9-19-8-4-5-10-22(19)23/h4-6,8-11,18,20-21,24,35H,7,12-17,28H2,1-3H3,(H2,29,30,31,32,33). The number of nitrogens with zero attached hydrogens (tertiary/aromatic N) is 4. The number of anilines is 2. The predicted molar refractivity (Wildman–Crippen MR) is 150 cm³/mol. The molecule has 1 atom stereocenters. The molecule has 3 aromatic rings. The van der Waals surface area contributed by atoms with Crippen molar-refractivity contribution in [3.05, 3.63) is 48.3 Å². The molecule has 1 aliphatic rings. The Balaban J connectivity index is 1.46. The van der Waals surface area contributed by atoms with Crippen molar-refractivity contribution in [2.24, 2.45) is 11.7 Å². The van der Waals surface area contributed by atoms with Gasteiger partial charge in [0.2, 0.25) is 21.9 Å². The summed E-state index contributed by atoms with van der Waals surface area (Å²) >= 11 is 0. The van der Waals surface area contributed by atoms with E-state index in [1.807, 2.05) is 44.2 Å². The van der Waals surface area contributed by atoms with Crippen LogP contribution in [0.2, 0.25) is 0 Å². The Kier molecular flexibility index (Phi) is 9.14. The Morgan fingerprint density at radius 2 is 1.71 bits per heavy atom. The van der Waals surface area contributed by atoms with E-state index in [2.05, 4.69) is 25.6 Å². The molecule has 2 aromatic carbocycles. The minimum atomic E-state index is -3.65. The van der Waals surface area contributed by atoms with Gasteiger partial charge in [-0.2, -0.15) is 19.3 Å². The largest absolute Gasteiger partial charge is 0.396 e. The van der Waals surface area contributed by atoms with Crippen molar-refractivity contribution in [2.45, 2.75) is 69.0 Å². The number of nitrogens with one attached hydrogen (secondary N) is 2. The van der Waals surface area contributed by atoms with Gasteiger partial charge in [-0.05, 0) is 63.3 Å². The molecule has 38 heavy (non-hydrogen) atoms. The van der Waals surface area contributed by atoms with Crippen LogP contribution in [-0.2, 0) is 10.0 Å². The average molecular weight is 542 g/mol. The van der Waals surface area contributed by atoms with Crippen molar-refractivity contribution in [1.29, 1.82) is 0 Å². The third-order valence-corrected chi connectivity index (χ3v) is 9.12. The van der Waals surface area contributed by atoms with Crippen LogP contribution < -0.4 is 16.4 Å². The fourth-order valence-corrected chi connectivity index (χ4v) is 6.66. The van der Waals surface area contributed by atoms with Crippen LogP contribution in [0.4, 0.5) is 11.9 Å². The zero-order valence-electron chi connectivity index (χ0n) is 22.3. The van der Waals surface area contributed by atoms with E-state index in [1.165, 1.54) is 4.31 Å². The molecule has 0 aliphatic heterocycles. The molecule has 0 radical (unpaired) electrons. The monoisotopic (exact) mass is 541 g/mol. The molecule has 5 N–H and O–H groups in total. The molecule has 206 valence electrons. The third-order valence-electron chi connectivity index (χ3n) is 7.16. The molecule has 10 nitrogen and oxygen atoms in total. The molecule has 0 amide bonds. The van der Waals surface area contributed by atoms with Gasteiger partial charge in [0, 0.05) is 37.7 Å². The van der Waals surface area contributed by atoms with Gasteiger partial charge >= 0.3 is 0 Å². The fourth-order valence-electron chi connectivity index (χ4n) is 5.03. The number of hydrogen-bond acceptors (Lipinski definition) is 9. The van der Waals surface area contributed by atoms with Crippen molar-refractivity contribution < 1.29 is 13.5 Å². The number of sulfonamides is 1. The Labute approximate surface area is 225 Å². The van der Waals surface area contributed by atoms with Crippen LogP contribution in [0.5, 0.6) is 0 Å². The summed E-state index contributed by atoms with van der Waals surface area (Å²) in [5.74, 6) is 1.52. The van der Waals surface area contributed by atoms with Crippen molar-refractivity contribution in [2.75, 3.05) is 30.8 Å². The molecule has 1 aromatic heterocycles. The molecule has 4 rings (SSSR count). The van der Waals surface area contributed by atoms with E-state index >= 15 is 0 Å². The Morgan fingerprint density at radius 3 is 2.42 bits per heavy atom. The van der Waals surface area contributed by atoms with Crippen LogP contribution in [0.1, 0.15) is 57.8 Å². The van der Waals surface area contributed by atoms with Crippen molar-refractivity contribution in [3.8, 4) is 0 Å². The van der Waals surface area contributed by atoms with E-state index < -0.39 is 16.1 Å². The normalized spacial score (nSPS) is 19.1. The first-order valence-corrected chi connectivity index (χ1v) is 14.7. The SMILES string of the molecule is CC(C)Nc1nc(NCCCO)nc(C(N)C2CCC(N(C)S(=O)(=O)c3cccc4ccccc34)CC2)n1. The lowest BCUT2D eigenvalue weighted by Gasteiger charge is -2.36. The second kappa shape index (κ2) is 12.3. The quantitative estimate of drug-likeness (QED) is 0.268. The summed E-state index contributed by atoms with van der Waals surface area (Å²) in [5, 5.41) is 17.1. The first-order chi connectivity index (χ1) is 18.2. The van der Waals surface area contributed by atoms with Gasteiger partial charge in [-0.1, -0.05) is 36.4 Å². The molecular formula is C27H39N7O3S. The van der Waals surface area contributed by atoms with Crippen LogP contribution in [0.3, 0.4) is 0 Å². The average Bonchev–Trinajstić information content (AvgIpc) is 2.91. The Hall–Kier alpha value is -2.86. The second-order valence-corrected chi connectivity index (χ2v) is 12.2. The molecule has 1 fully saturated rings. The van der Waals surface area contributed by atoms with E-state index in [0.29, 0.717) is 48.4 Å². The first-order valence-electron chi connectivity index (χ1n) is 13.3. The van der Waals surface area contributed by atoms with Crippen LogP contribution in [0.15, 0.2) is 47.4 Å². The Bertz CT molecular complexity index is 1320. The summed E-state index contributed by atoms with van der Waals surface area (Å²) in [4.78, 5) is 13.9. The van der Waals surface area contributed by atoms with E-state index in [0.717, 1.165) is 23.6 Å². The van der Waals surface area contributed by atoms with Gasteiger partial charge < -0.3 is 21.5 Å². The maximum Gasteiger partial charge on any atom is 0.243 e. The number of benzene rings is 2. The highest BCUT2D eigenvalue weighted by Gasteiger charge is 2.35. The van der Waals surface area contributed by atoms with E-state index in [4.69, 9.17) is 10.8 Å². The van der Waals surface area contributed by atoms with Gasteiger partial charge in [-0.25, -0.2) is 8.42 Å². The van der Waals surface area contributed by atoms with Crippen LogP contribution >= 0.6 is 0 Å². The van der Waals surface area contributed by atoms with Gasteiger partial charge in [0.15, 0.2) is 5.82 Å². The highest BCUT2D eigenvalue weighted by atomic mass is 32.2. The molecule has 1 aliphatic carbocycles. The van der Waals surface area contributed by atoms with Crippen molar-refractivity contribution in [1.82, 2.24) is 19.3 Å². The minimum absolute atomic E-state index is 0.0788. The summed E-state index contributed by atoms with van der Waals surface area (Å²) in [6, 6.07) is 12.6. The van der Waals surface area contributed by atoms with Crippen LogP contribution in [0, 0.1) is 5.92 Å². The summed E-state index contributed by atoms with van der Waals surface area (Å²) in [6.45, 7) is 4.63. The number of fused-ring (bicyclic) bond motifs is 1. The van der Waals surface area contributed by atoms with Gasteiger partial charge in [0.05, 0.1) is 10.9 Å². The van der Waals surface area contributed by atoms with Crippen LogP contribution in [-0.4, -0.2) is 65.1 Å². The Morgan fingerprint density at radius 1 is 1.03 bits per heavy atom. The third kappa shape index (κ3) is 6.40. The molecule has 0 bridgehead atoms. The number of rotatable bonds is 11. The predicted octanol–water partition coefficient (Wildman–Crippen LogP) is 3.52. The van der Waals surface area contributed by atoms with E-state index in [9.17, 15) is 8.42 Å². The number of nitrogens with two attached hydrogens (primary N) is 1. The lowest BCUT2D eigenvalue weighted by molar-refractivity contribution is 0.213. The van der Waals surface area contributed by atoms with Crippen molar-refractivity contribution >= 4 is 32.7 Å². The van der Waals surface area contributed by atoms with Gasteiger partial charge in [-0.15, -0.1) is 0 Å². The van der Waals surface area contributed by atoms with E-state index in [-0.39, 0.29) is 24.6 Å². The molecule has 1 saturated carbocycles. The maximum atomic E-state index is 13.6. The topological polar surface area (TPSA) is 146 Å². The summed E-state index contributed by atoms with van der Waals surface area (Å²) in [5.41, 5.74) is 6.67. The number of hydrogen-bond donors (Lipinski definition) is 4. The summed E-state index contributed by atoms with van der Waals surface area (Å²) in [7, 11) is -1.97. The number of aliphatic hydroxyl groups excluding tert-OH is 1. The first kappa shape index (κ1) is 28.2. The molecule has 1 unspecified atom stereocenters. The lowest BCUT2D eigenvalue weighted by atomic mass is 9.81. The van der Waals surface area contributed by atoms with E-state index in [1.54, 1.807) is 19.2 Å². The van der Waals surface area contributed by atoms with Gasteiger partial charge in [0.1, 0.15) is 0 Å². The smallest absolute Gasteiger partial charge is 0.243 e. The molecule has 0 spiro atoms. The molecule has 0 saturated heterocycles.